The van der Waals surface area contributed by atoms with Crippen LogP contribution in [0.2, 0.25) is 0 Å². The van der Waals surface area contributed by atoms with Crippen molar-refractivity contribution < 1.29 is 27.6 Å². The number of rotatable bonds is 6. The molecule has 186 valence electrons. The molecule has 13 heteroatoms. The van der Waals surface area contributed by atoms with Gasteiger partial charge in [0.15, 0.2) is 0 Å². The van der Waals surface area contributed by atoms with Crippen LogP contribution < -0.4 is 10.6 Å². The Hall–Kier alpha value is -3.17. The number of nitriles is 1. The monoisotopic (exact) mass is 483 g/mol. The summed E-state index contributed by atoms with van der Waals surface area (Å²) >= 11 is 0. The third-order valence-corrected chi connectivity index (χ3v) is 6.72. The lowest BCUT2D eigenvalue weighted by atomic mass is 9.85. The van der Waals surface area contributed by atoms with E-state index in [1.165, 1.54) is 42.7 Å². The fourth-order valence-electron chi connectivity index (χ4n) is 4.73. The van der Waals surface area contributed by atoms with Crippen LogP contribution in [0.5, 0.6) is 0 Å². The summed E-state index contributed by atoms with van der Waals surface area (Å²) in [4.78, 5) is 39.6. The lowest BCUT2D eigenvalue weighted by molar-refractivity contribution is -0.176. The van der Waals surface area contributed by atoms with Gasteiger partial charge in [0.2, 0.25) is 11.8 Å². The molecule has 1 aromatic rings. The molecule has 1 saturated carbocycles. The number of alkyl halides is 3. The summed E-state index contributed by atoms with van der Waals surface area (Å²) in [7, 11) is 0. The van der Waals surface area contributed by atoms with E-state index in [1.54, 1.807) is 0 Å². The fourth-order valence-corrected chi connectivity index (χ4v) is 4.73. The molecule has 1 aliphatic carbocycles. The van der Waals surface area contributed by atoms with E-state index < -0.39 is 47.4 Å². The van der Waals surface area contributed by atoms with Crippen LogP contribution in [-0.4, -0.2) is 68.5 Å². The smallest absolute Gasteiger partial charge is 0.337 e. The van der Waals surface area contributed by atoms with Gasteiger partial charge in [-0.15, -0.1) is 5.10 Å². The molecule has 3 amide bonds. The standard InChI is InChI=1S/C21H28F3N7O3/c1-19(2,3)15(28-18(34)21(22,23)24)17(33)31-10-12-13(20(12,4)5)14(31)16(32)27-11(8-25)9-30-7-6-26-29-30/h6-7,11-15H,9-10H2,1-5H3,(H,27,32)(H,28,34)/t11-,12+,13-,14+,15-/m1/s1. The Morgan fingerprint density at radius 3 is 2.38 bits per heavy atom. The minimum Gasteiger partial charge on any atom is -0.337 e. The Balaban J connectivity index is 1.83. The molecule has 1 saturated heterocycles. The quantitative estimate of drug-likeness (QED) is 0.617. The summed E-state index contributed by atoms with van der Waals surface area (Å²) in [6.07, 6.45) is -2.21. The van der Waals surface area contributed by atoms with E-state index in [2.05, 4.69) is 15.6 Å². The number of halogens is 3. The van der Waals surface area contributed by atoms with E-state index in [0.29, 0.717) is 0 Å². The summed E-state index contributed by atoms with van der Waals surface area (Å²) in [5.74, 6) is -3.81. The second-order valence-corrected chi connectivity index (χ2v) is 10.5. The number of carbonyl (C=O) groups excluding carboxylic acids is 3. The van der Waals surface area contributed by atoms with Crippen molar-refractivity contribution in [2.24, 2.45) is 22.7 Å². The first-order chi connectivity index (χ1) is 15.6. The van der Waals surface area contributed by atoms with Crippen molar-refractivity contribution in [1.82, 2.24) is 30.5 Å². The van der Waals surface area contributed by atoms with Crippen LogP contribution in [0.25, 0.3) is 0 Å². The second kappa shape index (κ2) is 8.56. The van der Waals surface area contributed by atoms with Crippen molar-refractivity contribution >= 4 is 17.7 Å². The zero-order valence-corrected chi connectivity index (χ0v) is 19.6. The minimum absolute atomic E-state index is 0.0259. The van der Waals surface area contributed by atoms with Gasteiger partial charge in [-0.3, -0.25) is 14.4 Å². The van der Waals surface area contributed by atoms with Crippen molar-refractivity contribution in [2.45, 2.75) is 65.5 Å². The number of nitrogens with zero attached hydrogens (tertiary/aromatic N) is 5. The van der Waals surface area contributed by atoms with Gasteiger partial charge < -0.3 is 15.5 Å². The summed E-state index contributed by atoms with van der Waals surface area (Å²) in [5, 5.41) is 21.3. The van der Waals surface area contributed by atoms with Gasteiger partial charge in [-0.1, -0.05) is 39.8 Å². The minimum atomic E-state index is -5.16. The zero-order chi connectivity index (χ0) is 25.6. The molecule has 2 heterocycles. The number of fused-ring (bicyclic) bond motifs is 1. The zero-order valence-electron chi connectivity index (χ0n) is 19.6. The summed E-state index contributed by atoms with van der Waals surface area (Å²) < 4.78 is 40.1. The van der Waals surface area contributed by atoms with Crippen LogP contribution in [0.4, 0.5) is 13.2 Å². The predicted molar refractivity (Wildman–Crippen MR) is 111 cm³/mol. The molecule has 0 radical (unpaired) electrons. The molecule has 10 nitrogen and oxygen atoms in total. The summed E-state index contributed by atoms with van der Waals surface area (Å²) in [6.45, 7) is 8.71. The van der Waals surface area contributed by atoms with Crippen molar-refractivity contribution in [2.75, 3.05) is 6.54 Å². The maximum absolute atomic E-state index is 13.4. The van der Waals surface area contributed by atoms with Crippen LogP contribution in [0.3, 0.4) is 0 Å². The molecule has 3 rings (SSSR count). The number of likely N-dealkylation sites (tertiary alicyclic amines) is 1. The average molecular weight is 483 g/mol. The molecule has 2 fully saturated rings. The largest absolute Gasteiger partial charge is 0.471 e. The van der Waals surface area contributed by atoms with E-state index in [0.717, 1.165) is 0 Å². The molecule has 0 bridgehead atoms. The van der Waals surface area contributed by atoms with Crippen molar-refractivity contribution in [3.8, 4) is 6.07 Å². The molecule has 0 unspecified atom stereocenters. The van der Waals surface area contributed by atoms with E-state index in [4.69, 9.17) is 0 Å². The van der Waals surface area contributed by atoms with Crippen molar-refractivity contribution in [1.29, 1.82) is 5.26 Å². The first kappa shape index (κ1) is 25.5. The van der Waals surface area contributed by atoms with Gasteiger partial charge in [0, 0.05) is 12.7 Å². The molecular formula is C21H28F3N7O3. The highest BCUT2D eigenvalue weighted by molar-refractivity contribution is 5.95. The van der Waals surface area contributed by atoms with Crippen LogP contribution in [-0.2, 0) is 20.9 Å². The number of piperidine rings is 1. The number of carbonyl (C=O) groups is 3. The number of nitrogens with one attached hydrogen (secondary N) is 2. The van der Waals surface area contributed by atoms with Crippen molar-refractivity contribution in [3.63, 3.8) is 0 Å². The molecule has 1 aliphatic heterocycles. The highest BCUT2D eigenvalue weighted by Crippen LogP contribution is 2.65. The van der Waals surface area contributed by atoms with E-state index in [-0.39, 0.29) is 30.3 Å². The van der Waals surface area contributed by atoms with Gasteiger partial charge in [-0.2, -0.15) is 18.4 Å². The van der Waals surface area contributed by atoms with Gasteiger partial charge in [-0.05, 0) is 22.7 Å². The average Bonchev–Trinajstić information content (AvgIpc) is 3.16. The molecule has 1 aromatic heterocycles. The highest BCUT2D eigenvalue weighted by Gasteiger charge is 2.70. The Kier molecular flexibility index (Phi) is 6.41. The SMILES string of the molecule is CC(C)(C)[C@H](NC(=O)C(F)(F)F)C(=O)N1C[C@H]2[C@H]([C@H]1C(=O)N[C@H](C#N)Cn1ccnn1)C2(C)C. The Morgan fingerprint density at radius 1 is 1.24 bits per heavy atom. The number of hydrogen-bond donors (Lipinski definition) is 2. The Morgan fingerprint density at radius 2 is 1.88 bits per heavy atom. The van der Waals surface area contributed by atoms with Gasteiger partial charge in [0.25, 0.3) is 0 Å². The predicted octanol–water partition coefficient (Wildman–Crippen LogP) is 0.863. The normalized spacial score (nSPS) is 25.0. The van der Waals surface area contributed by atoms with Crippen LogP contribution in [0.15, 0.2) is 12.4 Å². The van der Waals surface area contributed by atoms with Crippen LogP contribution in [0.1, 0.15) is 34.6 Å². The molecule has 2 aliphatic rings. The van der Waals surface area contributed by atoms with Gasteiger partial charge in [0.05, 0.1) is 18.8 Å². The molecule has 2 N–H and O–H groups in total. The number of amides is 3. The maximum Gasteiger partial charge on any atom is 0.471 e. The first-order valence-corrected chi connectivity index (χ1v) is 10.8. The molecular weight excluding hydrogens is 455 g/mol. The third kappa shape index (κ3) is 4.85. The third-order valence-electron chi connectivity index (χ3n) is 6.72. The highest BCUT2D eigenvalue weighted by atomic mass is 19.4. The van der Waals surface area contributed by atoms with Gasteiger partial charge >= 0.3 is 12.1 Å². The van der Waals surface area contributed by atoms with E-state index in [1.807, 2.05) is 25.2 Å². The second-order valence-electron chi connectivity index (χ2n) is 10.5. The molecule has 34 heavy (non-hydrogen) atoms. The lowest BCUT2D eigenvalue weighted by Crippen LogP contribution is -2.61. The molecule has 0 spiro atoms. The lowest BCUT2D eigenvalue weighted by Gasteiger charge is -2.37. The maximum atomic E-state index is 13.4. The Labute approximate surface area is 194 Å². The molecule has 5 atom stereocenters. The van der Waals surface area contributed by atoms with Crippen LogP contribution >= 0.6 is 0 Å². The van der Waals surface area contributed by atoms with E-state index >= 15 is 0 Å². The first-order valence-electron chi connectivity index (χ1n) is 10.8. The number of hydrogen-bond acceptors (Lipinski definition) is 6. The van der Waals surface area contributed by atoms with Gasteiger partial charge in [-0.25, -0.2) is 4.68 Å². The Bertz CT molecular complexity index is 995. The van der Waals surface area contributed by atoms with Crippen LogP contribution in [0, 0.1) is 34.0 Å². The molecule has 0 aromatic carbocycles. The van der Waals surface area contributed by atoms with Gasteiger partial charge in [0.1, 0.15) is 18.1 Å². The fraction of sp³-hybridized carbons (Fsp3) is 0.714. The number of aromatic nitrogens is 3. The summed E-state index contributed by atoms with van der Waals surface area (Å²) in [6, 6.07) is -1.47. The van der Waals surface area contributed by atoms with Crippen molar-refractivity contribution in [3.05, 3.63) is 12.4 Å². The summed E-state index contributed by atoms with van der Waals surface area (Å²) in [5.41, 5.74) is -1.30. The topological polar surface area (TPSA) is 133 Å². The van der Waals surface area contributed by atoms with E-state index in [9.17, 15) is 32.8 Å².